The molecular formula is C12H15NOSe. The van der Waals surface area contributed by atoms with Crippen LogP contribution in [-0.4, -0.2) is 26.9 Å². The topological polar surface area (TPSA) is 29.1 Å². The number of amides is 1. The van der Waals surface area contributed by atoms with Gasteiger partial charge in [0.1, 0.15) is 0 Å². The monoisotopic (exact) mass is 269 g/mol. The van der Waals surface area contributed by atoms with Gasteiger partial charge in [-0.2, -0.15) is 0 Å². The number of hydrogen-bond acceptors (Lipinski definition) is 1. The number of benzene rings is 1. The standard InChI is InChI=1S/C12H15NOSe/c1-9-4-2-3-5-11(9)15-8-10-6-7-12(14)13-10/h2-5,10H,6-8H2,1H3,(H,13,14)/t10-/m0/s1. The zero-order valence-electron chi connectivity index (χ0n) is 8.82. The molecule has 1 atom stereocenters. The number of hydrogen-bond donors (Lipinski definition) is 1. The summed E-state index contributed by atoms with van der Waals surface area (Å²) in [4.78, 5) is 11.0. The van der Waals surface area contributed by atoms with Gasteiger partial charge >= 0.3 is 96.4 Å². The third-order valence-corrected chi connectivity index (χ3v) is 5.43. The molecule has 2 rings (SSSR count). The van der Waals surface area contributed by atoms with Crippen molar-refractivity contribution in [3.05, 3.63) is 29.8 Å². The molecule has 0 radical (unpaired) electrons. The fourth-order valence-electron chi connectivity index (χ4n) is 1.71. The van der Waals surface area contributed by atoms with E-state index in [1.54, 1.807) is 0 Å². The molecule has 0 bridgehead atoms. The van der Waals surface area contributed by atoms with Gasteiger partial charge in [-0.1, -0.05) is 0 Å². The van der Waals surface area contributed by atoms with E-state index in [1.165, 1.54) is 10.0 Å². The zero-order valence-corrected chi connectivity index (χ0v) is 10.5. The van der Waals surface area contributed by atoms with Crippen LogP contribution in [-0.2, 0) is 4.79 Å². The van der Waals surface area contributed by atoms with Crippen LogP contribution in [0, 0.1) is 6.92 Å². The minimum atomic E-state index is 0.223. The molecule has 80 valence electrons. The van der Waals surface area contributed by atoms with Gasteiger partial charge in [0.05, 0.1) is 0 Å². The Labute approximate surface area is 96.6 Å². The van der Waals surface area contributed by atoms with Gasteiger partial charge in [0.25, 0.3) is 0 Å². The van der Waals surface area contributed by atoms with Crippen molar-refractivity contribution >= 4 is 25.3 Å². The van der Waals surface area contributed by atoms with Crippen LogP contribution in [0.1, 0.15) is 18.4 Å². The van der Waals surface area contributed by atoms with E-state index in [1.807, 2.05) is 0 Å². The Morgan fingerprint density at radius 3 is 2.93 bits per heavy atom. The van der Waals surface area contributed by atoms with Crippen molar-refractivity contribution in [3.8, 4) is 0 Å². The molecule has 15 heavy (non-hydrogen) atoms. The number of carbonyl (C=O) groups excluding carboxylic acids is 1. The van der Waals surface area contributed by atoms with Crippen molar-refractivity contribution in [2.45, 2.75) is 31.1 Å². The first kappa shape index (κ1) is 10.7. The summed E-state index contributed by atoms with van der Waals surface area (Å²) >= 11 is 0.494. The zero-order chi connectivity index (χ0) is 10.7. The van der Waals surface area contributed by atoms with Crippen molar-refractivity contribution in [1.29, 1.82) is 0 Å². The molecule has 0 saturated carbocycles. The molecule has 1 N–H and O–H groups in total. The second kappa shape index (κ2) is 4.82. The molecular weight excluding hydrogens is 253 g/mol. The fraction of sp³-hybridized carbons (Fsp3) is 0.417. The Morgan fingerprint density at radius 2 is 2.27 bits per heavy atom. The maximum atomic E-state index is 11.0. The predicted octanol–water partition coefficient (Wildman–Crippen LogP) is 1.02. The molecule has 1 fully saturated rings. The Morgan fingerprint density at radius 1 is 1.47 bits per heavy atom. The molecule has 1 aromatic carbocycles. The molecule has 0 spiro atoms. The van der Waals surface area contributed by atoms with Crippen molar-refractivity contribution in [3.63, 3.8) is 0 Å². The first-order chi connectivity index (χ1) is 7.25. The van der Waals surface area contributed by atoms with Crippen LogP contribution >= 0.6 is 0 Å². The first-order valence-corrected chi connectivity index (χ1v) is 7.30. The normalized spacial score (nSPS) is 20.3. The van der Waals surface area contributed by atoms with E-state index in [0.29, 0.717) is 27.4 Å². The maximum absolute atomic E-state index is 11.0. The summed E-state index contributed by atoms with van der Waals surface area (Å²) in [6, 6.07) is 8.96. The Bertz CT molecular complexity index is 364. The molecule has 1 heterocycles. The summed E-state index contributed by atoms with van der Waals surface area (Å²) < 4.78 is 1.46. The quantitative estimate of drug-likeness (QED) is 0.815. The van der Waals surface area contributed by atoms with Gasteiger partial charge in [-0.3, -0.25) is 0 Å². The summed E-state index contributed by atoms with van der Waals surface area (Å²) in [5, 5.41) is 4.15. The van der Waals surface area contributed by atoms with Gasteiger partial charge in [-0.05, 0) is 0 Å². The van der Waals surface area contributed by atoms with Crippen LogP contribution in [0.25, 0.3) is 0 Å². The van der Waals surface area contributed by atoms with Crippen molar-refractivity contribution in [2.24, 2.45) is 0 Å². The molecule has 1 saturated heterocycles. The van der Waals surface area contributed by atoms with Crippen LogP contribution in [0.5, 0.6) is 0 Å². The number of carbonyl (C=O) groups is 1. The second-order valence-electron chi connectivity index (χ2n) is 3.88. The molecule has 0 aromatic heterocycles. The predicted molar refractivity (Wildman–Crippen MR) is 62.5 cm³/mol. The summed E-state index contributed by atoms with van der Waals surface area (Å²) in [5.74, 6) is 0.223. The average molecular weight is 268 g/mol. The van der Waals surface area contributed by atoms with E-state index in [9.17, 15) is 4.79 Å². The molecule has 0 aliphatic carbocycles. The van der Waals surface area contributed by atoms with Gasteiger partial charge in [-0.25, -0.2) is 0 Å². The summed E-state index contributed by atoms with van der Waals surface area (Å²) in [6.45, 7) is 2.16. The van der Waals surface area contributed by atoms with Crippen LogP contribution in [0.4, 0.5) is 0 Å². The van der Waals surface area contributed by atoms with Crippen LogP contribution < -0.4 is 9.78 Å². The second-order valence-corrected chi connectivity index (χ2v) is 6.11. The number of nitrogens with one attached hydrogen (secondary N) is 1. The van der Waals surface area contributed by atoms with E-state index in [-0.39, 0.29) is 5.91 Å². The Kier molecular flexibility index (Phi) is 3.45. The third kappa shape index (κ3) is 2.83. The molecule has 1 aromatic rings. The SMILES string of the molecule is Cc1ccccc1[Se]C[C@@H]1CCC(=O)N1. The van der Waals surface area contributed by atoms with E-state index in [4.69, 9.17) is 0 Å². The molecule has 1 amide bonds. The summed E-state index contributed by atoms with van der Waals surface area (Å²) in [6.07, 6.45) is 1.74. The van der Waals surface area contributed by atoms with Crippen molar-refractivity contribution in [1.82, 2.24) is 5.32 Å². The number of rotatable bonds is 3. The molecule has 1 aliphatic rings. The van der Waals surface area contributed by atoms with Crippen LogP contribution in [0.3, 0.4) is 0 Å². The van der Waals surface area contributed by atoms with Gasteiger partial charge in [0.15, 0.2) is 0 Å². The number of aryl methyl sites for hydroxylation is 1. The van der Waals surface area contributed by atoms with E-state index in [2.05, 4.69) is 36.5 Å². The van der Waals surface area contributed by atoms with E-state index >= 15 is 0 Å². The summed E-state index contributed by atoms with van der Waals surface area (Å²) in [7, 11) is 0. The fourth-order valence-corrected chi connectivity index (χ4v) is 4.02. The van der Waals surface area contributed by atoms with Crippen LogP contribution in [0.2, 0.25) is 5.32 Å². The van der Waals surface area contributed by atoms with Gasteiger partial charge < -0.3 is 0 Å². The molecule has 1 aliphatic heterocycles. The Balaban J connectivity index is 1.88. The van der Waals surface area contributed by atoms with Crippen LogP contribution in [0.15, 0.2) is 24.3 Å². The van der Waals surface area contributed by atoms with Crippen molar-refractivity contribution in [2.75, 3.05) is 0 Å². The molecule has 2 nitrogen and oxygen atoms in total. The first-order valence-electron chi connectivity index (χ1n) is 5.23. The minimum absolute atomic E-state index is 0.223. The van der Waals surface area contributed by atoms with E-state index < -0.39 is 0 Å². The average Bonchev–Trinajstić information content (AvgIpc) is 2.63. The molecule has 0 unspecified atom stereocenters. The van der Waals surface area contributed by atoms with E-state index in [0.717, 1.165) is 11.7 Å². The summed E-state index contributed by atoms with van der Waals surface area (Å²) in [5.41, 5.74) is 1.38. The van der Waals surface area contributed by atoms with Gasteiger partial charge in [0, 0.05) is 0 Å². The van der Waals surface area contributed by atoms with Crippen molar-refractivity contribution < 1.29 is 4.79 Å². The Hall–Kier alpha value is -0.791. The molecule has 3 heteroatoms. The van der Waals surface area contributed by atoms with Gasteiger partial charge in [0.2, 0.25) is 0 Å². The van der Waals surface area contributed by atoms with Gasteiger partial charge in [-0.15, -0.1) is 0 Å². The third-order valence-electron chi connectivity index (χ3n) is 2.62.